The van der Waals surface area contributed by atoms with Crippen molar-refractivity contribution in [3.05, 3.63) is 18.5 Å². The minimum absolute atomic E-state index is 0.200. The first-order valence-electron chi connectivity index (χ1n) is 6.83. The van der Waals surface area contributed by atoms with Crippen molar-refractivity contribution >= 4 is 11.9 Å². The van der Waals surface area contributed by atoms with E-state index in [9.17, 15) is 0 Å². The van der Waals surface area contributed by atoms with Crippen molar-refractivity contribution in [2.75, 3.05) is 24.0 Å². The molecule has 9 heteroatoms. The lowest BCUT2D eigenvalue weighted by molar-refractivity contribution is 0.183. The van der Waals surface area contributed by atoms with Crippen molar-refractivity contribution in [2.24, 2.45) is 11.8 Å². The van der Waals surface area contributed by atoms with E-state index < -0.39 is 0 Å². The molecule has 0 spiro atoms. The zero-order valence-electron chi connectivity index (χ0n) is 11.7. The van der Waals surface area contributed by atoms with Crippen molar-refractivity contribution in [3.8, 4) is 5.95 Å². The third kappa shape index (κ3) is 3.09. The summed E-state index contributed by atoms with van der Waals surface area (Å²) in [5, 5.41) is 7.39. The zero-order valence-corrected chi connectivity index (χ0v) is 11.7. The lowest BCUT2D eigenvalue weighted by Crippen LogP contribution is -2.28. The number of anilines is 2. The van der Waals surface area contributed by atoms with Crippen LogP contribution in [0.4, 0.5) is 11.9 Å². The van der Waals surface area contributed by atoms with Gasteiger partial charge in [0.1, 0.15) is 0 Å². The molecule has 1 aliphatic heterocycles. The maximum absolute atomic E-state index is 5.41. The van der Waals surface area contributed by atoms with Crippen molar-refractivity contribution in [3.63, 3.8) is 0 Å². The van der Waals surface area contributed by atoms with Crippen LogP contribution in [0.2, 0.25) is 0 Å². The Morgan fingerprint density at radius 2 is 2.24 bits per heavy atom. The van der Waals surface area contributed by atoms with Gasteiger partial charge in [-0.1, -0.05) is 0 Å². The molecule has 2 aromatic rings. The lowest BCUT2D eigenvalue weighted by atomic mass is 10.0. The average molecular weight is 290 g/mol. The van der Waals surface area contributed by atoms with E-state index in [1.54, 1.807) is 23.1 Å². The highest BCUT2D eigenvalue weighted by Crippen LogP contribution is 2.19. The number of nitrogens with zero attached hydrogens (tertiary/aromatic N) is 5. The molecule has 2 unspecified atom stereocenters. The predicted molar refractivity (Wildman–Crippen MR) is 76.8 cm³/mol. The van der Waals surface area contributed by atoms with E-state index in [2.05, 4.69) is 37.7 Å². The van der Waals surface area contributed by atoms with Crippen molar-refractivity contribution in [1.82, 2.24) is 24.7 Å². The second-order valence-corrected chi connectivity index (χ2v) is 4.93. The topological polar surface area (TPSA) is 116 Å². The van der Waals surface area contributed by atoms with Gasteiger partial charge >= 0.3 is 0 Å². The first-order chi connectivity index (χ1) is 10.3. The molecule has 0 bridgehead atoms. The Hall–Kier alpha value is -2.26. The second kappa shape index (κ2) is 6.02. The molecular formula is C12H18N8O. The Morgan fingerprint density at radius 3 is 2.90 bits per heavy atom. The minimum Gasteiger partial charge on any atom is -0.381 e. The Labute approximate surface area is 121 Å². The predicted octanol–water partition coefficient (Wildman–Crippen LogP) is 0.180. The molecule has 1 fully saturated rings. The molecule has 0 amide bonds. The number of nitrogens with one attached hydrogen (secondary N) is 2. The molecule has 3 heterocycles. The van der Waals surface area contributed by atoms with Gasteiger partial charge in [0.05, 0.1) is 6.61 Å². The molecule has 0 aromatic carbocycles. The van der Waals surface area contributed by atoms with Crippen LogP contribution in [-0.2, 0) is 4.74 Å². The number of aromatic nitrogens is 5. The van der Waals surface area contributed by atoms with Gasteiger partial charge in [-0.15, -0.1) is 0 Å². The first-order valence-corrected chi connectivity index (χ1v) is 6.83. The number of hydrazine groups is 1. The molecule has 21 heavy (non-hydrogen) atoms. The van der Waals surface area contributed by atoms with E-state index in [1.807, 2.05) is 0 Å². The van der Waals surface area contributed by atoms with Crippen molar-refractivity contribution < 1.29 is 4.74 Å². The Morgan fingerprint density at radius 1 is 1.38 bits per heavy atom. The van der Waals surface area contributed by atoms with E-state index in [1.165, 1.54) is 0 Å². The number of rotatable bonds is 5. The summed E-state index contributed by atoms with van der Waals surface area (Å²) in [6.07, 6.45) is 4.45. The Balaban J connectivity index is 1.82. The summed E-state index contributed by atoms with van der Waals surface area (Å²) in [6, 6.07) is 2.00. The Bertz CT molecular complexity index is 581. The molecule has 112 valence electrons. The van der Waals surface area contributed by atoms with E-state index >= 15 is 0 Å². The second-order valence-electron chi connectivity index (χ2n) is 4.93. The molecule has 0 saturated carbocycles. The summed E-state index contributed by atoms with van der Waals surface area (Å²) in [5.74, 6) is 7.01. The van der Waals surface area contributed by atoms with Crippen LogP contribution in [0.1, 0.15) is 13.3 Å². The zero-order chi connectivity index (χ0) is 14.7. The molecule has 0 aliphatic carbocycles. The molecule has 4 N–H and O–H groups in total. The number of hydrogen-bond donors (Lipinski definition) is 3. The number of nitrogen functional groups attached to an aromatic ring is 1. The van der Waals surface area contributed by atoms with Gasteiger partial charge in [0, 0.05) is 31.0 Å². The largest absolute Gasteiger partial charge is 0.381 e. The molecule has 9 nitrogen and oxygen atoms in total. The highest BCUT2D eigenvalue weighted by Gasteiger charge is 2.23. The van der Waals surface area contributed by atoms with Gasteiger partial charge in [-0.25, -0.2) is 10.5 Å². The molecule has 2 aromatic heterocycles. The third-order valence-corrected chi connectivity index (χ3v) is 3.49. The summed E-state index contributed by atoms with van der Waals surface area (Å²) in [6.45, 7) is 3.65. The van der Waals surface area contributed by atoms with Crippen LogP contribution in [-0.4, -0.2) is 44.0 Å². The first kappa shape index (κ1) is 13.7. The monoisotopic (exact) mass is 290 g/mol. The van der Waals surface area contributed by atoms with Crippen LogP contribution < -0.4 is 16.6 Å². The molecule has 2 atom stereocenters. The third-order valence-electron chi connectivity index (χ3n) is 3.49. The van der Waals surface area contributed by atoms with Crippen LogP contribution in [0.3, 0.4) is 0 Å². The van der Waals surface area contributed by atoms with Gasteiger partial charge in [-0.05, 0) is 19.4 Å². The quantitative estimate of drug-likeness (QED) is 0.527. The van der Waals surface area contributed by atoms with E-state index in [4.69, 9.17) is 10.6 Å². The van der Waals surface area contributed by atoms with Crippen molar-refractivity contribution in [2.45, 2.75) is 19.4 Å². The van der Waals surface area contributed by atoms with Gasteiger partial charge < -0.3 is 10.1 Å². The fraction of sp³-hybridized carbons (Fsp3) is 0.500. The number of hydrogen-bond acceptors (Lipinski definition) is 8. The lowest BCUT2D eigenvalue weighted by Gasteiger charge is -2.19. The highest BCUT2D eigenvalue weighted by molar-refractivity contribution is 5.37. The Kier molecular flexibility index (Phi) is 3.93. The summed E-state index contributed by atoms with van der Waals surface area (Å²) in [5.41, 5.74) is 2.44. The standard InChI is InChI=1S/C12H18N8O/c1-8(9-3-6-21-7-9)15-10-16-11(19-13)18-12(17-10)20-5-2-4-14-20/h2,4-5,8-9H,3,6-7,13H2,1H3,(H2,15,16,17,18,19). The highest BCUT2D eigenvalue weighted by atomic mass is 16.5. The van der Waals surface area contributed by atoms with Gasteiger partial charge in [0.2, 0.25) is 11.9 Å². The average Bonchev–Trinajstić information content (AvgIpc) is 3.19. The SMILES string of the molecule is CC(Nc1nc(NN)nc(-n2cccn2)n1)C1CCOC1. The maximum Gasteiger partial charge on any atom is 0.257 e. The van der Waals surface area contributed by atoms with Crippen LogP contribution in [0.25, 0.3) is 5.95 Å². The van der Waals surface area contributed by atoms with Crippen LogP contribution in [0, 0.1) is 5.92 Å². The van der Waals surface area contributed by atoms with E-state index in [0.717, 1.165) is 19.6 Å². The number of ether oxygens (including phenoxy) is 1. The molecule has 0 radical (unpaired) electrons. The number of nitrogens with two attached hydrogens (primary N) is 1. The van der Waals surface area contributed by atoms with Crippen LogP contribution in [0.5, 0.6) is 0 Å². The normalized spacial score (nSPS) is 19.4. The smallest absolute Gasteiger partial charge is 0.257 e. The van der Waals surface area contributed by atoms with Crippen LogP contribution >= 0.6 is 0 Å². The van der Waals surface area contributed by atoms with E-state index in [0.29, 0.717) is 17.8 Å². The van der Waals surface area contributed by atoms with Crippen LogP contribution in [0.15, 0.2) is 18.5 Å². The molecular weight excluding hydrogens is 272 g/mol. The van der Waals surface area contributed by atoms with Crippen molar-refractivity contribution in [1.29, 1.82) is 0 Å². The fourth-order valence-corrected chi connectivity index (χ4v) is 2.25. The van der Waals surface area contributed by atoms with E-state index in [-0.39, 0.29) is 12.0 Å². The summed E-state index contributed by atoms with van der Waals surface area (Å²) < 4.78 is 6.96. The minimum atomic E-state index is 0.200. The van der Waals surface area contributed by atoms with Gasteiger partial charge in [-0.2, -0.15) is 20.1 Å². The summed E-state index contributed by atoms with van der Waals surface area (Å²) >= 11 is 0. The van der Waals surface area contributed by atoms with Gasteiger partial charge in [0.15, 0.2) is 0 Å². The molecule has 3 rings (SSSR count). The fourth-order valence-electron chi connectivity index (χ4n) is 2.25. The molecule has 1 saturated heterocycles. The molecule has 1 aliphatic rings. The van der Waals surface area contributed by atoms with Gasteiger partial charge in [-0.3, -0.25) is 5.43 Å². The van der Waals surface area contributed by atoms with Gasteiger partial charge in [0.25, 0.3) is 5.95 Å². The summed E-state index contributed by atoms with van der Waals surface area (Å²) in [7, 11) is 0. The maximum atomic E-state index is 5.41. The summed E-state index contributed by atoms with van der Waals surface area (Å²) in [4.78, 5) is 12.8.